The van der Waals surface area contributed by atoms with Crippen molar-refractivity contribution in [2.75, 3.05) is 4.72 Å². The minimum atomic E-state index is -3.93. The fourth-order valence-electron chi connectivity index (χ4n) is 2.01. The molecule has 0 fully saturated rings. The molecule has 7 heteroatoms. The smallest absolute Gasteiger partial charge is 0.335 e. The summed E-state index contributed by atoms with van der Waals surface area (Å²) in [5, 5.41) is 9.37. The molecule has 112 valence electrons. The van der Waals surface area contributed by atoms with Crippen molar-refractivity contribution in [3.63, 3.8) is 0 Å². The van der Waals surface area contributed by atoms with Crippen molar-refractivity contribution in [1.82, 2.24) is 0 Å². The van der Waals surface area contributed by atoms with Crippen LogP contribution in [0.25, 0.3) is 11.0 Å². The van der Waals surface area contributed by atoms with Gasteiger partial charge >= 0.3 is 5.97 Å². The van der Waals surface area contributed by atoms with Crippen molar-refractivity contribution < 1.29 is 22.7 Å². The third-order valence-corrected chi connectivity index (χ3v) is 4.26. The highest BCUT2D eigenvalue weighted by Crippen LogP contribution is 2.24. The molecule has 0 aliphatic carbocycles. The highest BCUT2D eigenvalue weighted by molar-refractivity contribution is 7.92. The van der Waals surface area contributed by atoms with Gasteiger partial charge in [-0.25, -0.2) is 4.79 Å². The number of carbonyl (C=O) groups is 1. The molecule has 0 saturated heterocycles. The van der Waals surface area contributed by atoms with Crippen LogP contribution < -0.4 is 4.72 Å². The van der Waals surface area contributed by atoms with Crippen LogP contribution in [0.1, 0.15) is 10.4 Å². The van der Waals surface area contributed by atoms with E-state index in [1.807, 2.05) is 0 Å². The predicted octanol–water partition coefficient (Wildman–Crippen LogP) is 2.93. The minimum Gasteiger partial charge on any atom is -0.478 e. The SMILES string of the molecule is O=C(O)c1cccc(NS(=O)(=O)c2cc3ccccc3o2)c1. The molecule has 2 aromatic carbocycles. The lowest BCUT2D eigenvalue weighted by Crippen LogP contribution is -2.12. The van der Waals surface area contributed by atoms with Gasteiger partial charge in [-0.15, -0.1) is 0 Å². The molecule has 0 unspecified atom stereocenters. The van der Waals surface area contributed by atoms with Crippen molar-refractivity contribution in [1.29, 1.82) is 0 Å². The Balaban J connectivity index is 1.96. The van der Waals surface area contributed by atoms with Crippen molar-refractivity contribution in [2.45, 2.75) is 5.09 Å². The van der Waals surface area contributed by atoms with E-state index in [1.165, 1.54) is 30.3 Å². The van der Waals surface area contributed by atoms with E-state index in [0.717, 1.165) is 0 Å². The first kappa shape index (κ1) is 14.2. The van der Waals surface area contributed by atoms with Crippen LogP contribution >= 0.6 is 0 Å². The summed E-state index contributed by atoms with van der Waals surface area (Å²) in [6.07, 6.45) is 0. The topological polar surface area (TPSA) is 96.6 Å². The first-order valence-corrected chi connectivity index (χ1v) is 7.79. The average Bonchev–Trinajstić information content (AvgIpc) is 2.92. The van der Waals surface area contributed by atoms with Crippen LogP contribution in [-0.2, 0) is 10.0 Å². The standard InChI is InChI=1S/C15H11NO5S/c17-15(18)11-5-3-6-12(8-11)16-22(19,20)14-9-10-4-1-2-7-13(10)21-14/h1-9,16H,(H,17,18). The van der Waals surface area contributed by atoms with E-state index < -0.39 is 16.0 Å². The van der Waals surface area contributed by atoms with Crippen molar-refractivity contribution in [2.24, 2.45) is 0 Å². The molecule has 2 N–H and O–H groups in total. The molecular weight excluding hydrogens is 306 g/mol. The lowest BCUT2D eigenvalue weighted by molar-refractivity contribution is 0.0697. The van der Waals surface area contributed by atoms with Crippen molar-refractivity contribution >= 4 is 32.6 Å². The Bertz CT molecular complexity index is 926. The first-order valence-electron chi connectivity index (χ1n) is 6.30. The van der Waals surface area contributed by atoms with Crippen molar-refractivity contribution in [3.05, 3.63) is 60.2 Å². The molecule has 3 rings (SSSR count). The molecule has 0 saturated carbocycles. The molecule has 0 amide bonds. The maximum Gasteiger partial charge on any atom is 0.335 e. The molecule has 0 aliphatic heterocycles. The zero-order chi connectivity index (χ0) is 15.7. The molecule has 22 heavy (non-hydrogen) atoms. The van der Waals surface area contributed by atoms with Gasteiger partial charge in [-0.2, -0.15) is 8.42 Å². The highest BCUT2D eigenvalue weighted by atomic mass is 32.2. The third-order valence-electron chi connectivity index (χ3n) is 3.03. The Morgan fingerprint density at radius 2 is 1.82 bits per heavy atom. The summed E-state index contributed by atoms with van der Waals surface area (Å²) in [7, 11) is -3.93. The summed E-state index contributed by atoms with van der Waals surface area (Å²) in [6, 6.07) is 13.9. The van der Waals surface area contributed by atoms with Gasteiger partial charge in [-0.05, 0) is 24.3 Å². The first-order chi connectivity index (χ1) is 10.5. The number of anilines is 1. The van der Waals surface area contributed by atoms with Crippen LogP contribution in [0, 0.1) is 0 Å². The van der Waals surface area contributed by atoms with E-state index in [9.17, 15) is 13.2 Å². The molecule has 0 radical (unpaired) electrons. The lowest BCUT2D eigenvalue weighted by atomic mass is 10.2. The van der Waals surface area contributed by atoms with Crippen LogP contribution in [0.2, 0.25) is 0 Å². The summed E-state index contributed by atoms with van der Waals surface area (Å²) in [6.45, 7) is 0. The Kier molecular flexibility index (Phi) is 3.34. The molecule has 1 aromatic heterocycles. The van der Waals surface area contributed by atoms with Gasteiger partial charge in [0, 0.05) is 17.1 Å². The number of carboxylic acid groups (broad SMARTS) is 1. The van der Waals surface area contributed by atoms with Gasteiger partial charge in [-0.1, -0.05) is 24.3 Å². The number of hydrogen-bond acceptors (Lipinski definition) is 4. The van der Waals surface area contributed by atoms with E-state index in [1.54, 1.807) is 24.3 Å². The zero-order valence-electron chi connectivity index (χ0n) is 11.2. The number of para-hydroxylation sites is 1. The number of aromatic carboxylic acids is 1. The minimum absolute atomic E-state index is 0.00944. The molecule has 3 aromatic rings. The Labute approximate surface area is 126 Å². The number of benzene rings is 2. The fourth-order valence-corrected chi connectivity index (χ4v) is 3.03. The summed E-state index contributed by atoms with van der Waals surface area (Å²) in [4.78, 5) is 10.9. The average molecular weight is 317 g/mol. The van der Waals surface area contributed by atoms with Crippen LogP contribution in [0.15, 0.2) is 64.1 Å². The van der Waals surface area contributed by atoms with Gasteiger partial charge in [-0.3, -0.25) is 4.72 Å². The Hall–Kier alpha value is -2.80. The number of sulfonamides is 1. The van der Waals surface area contributed by atoms with Crippen LogP contribution in [0.3, 0.4) is 0 Å². The van der Waals surface area contributed by atoms with Gasteiger partial charge in [0.15, 0.2) is 0 Å². The normalized spacial score (nSPS) is 11.5. The second-order valence-corrected chi connectivity index (χ2v) is 6.21. The maximum absolute atomic E-state index is 12.3. The van der Waals surface area contributed by atoms with E-state index in [-0.39, 0.29) is 16.3 Å². The molecule has 0 bridgehead atoms. The second-order valence-electron chi connectivity index (χ2n) is 4.59. The molecule has 0 spiro atoms. The Morgan fingerprint density at radius 1 is 1.05 bits per heavy atom. The zero-order valence-corrected chi connectivity index (χ0v) is 12.0. The summed E-state index contributed by atoms with van der Waals surface area (Å²) < 4.78 is 32.2. The number of furan rings is 1. The summed E-state index contributed by atoms with van der Waals surface area (Å²) in [5.74, 6) is -1.13. The fraction of sp³-hybridized carbons (Fsp3) is 0. The molecule has 0 atom stereocenters. The van der Waals surface area contributed by atoms with Gasteiger partial charge in [0.25, 0.3) is 10.0 Å². The van der Waals surface area contributed by atoms with E-state index in [4.69, 9.17) is 9.52 Å². The summed E-state index contributed by atoms with van der Waals surface area (Å²) in [5.41, 5.74) is 0.604. The third kappa shape index (κ3) is 2.66. The lowest BCUT2D eigenvalue weighted by Gasteiger charge is -2.06. The number of fused-ring (bicyclic) bond motifs is 1. The molecule has 0 aliphatic rings. The number of hydrogen-bond donors (Lipinski definition) is 2. The highest BCUT2D eigenvalue weighted by Gasteiger charge is 2.20. The molecule has 6 nitrogen and oxygen atoms in total. The number of carboxylic acids is 1. The predicted molar refractivity (Wildman–Crippen MR) is 80.4 cm³/mol. The maximum atomic E-state index is 12.3. The van der Waals surface area contributed by atoms with Gasteiger partial charge in [0.2, 0.25) is 5.09 Å². The van der Waals surface area contributed by atoms with Crippen LogP contribution in [-0.4, -0.2) is 19.5 Å². The molecular formula is C15H11NO5S. The Morgan fingerprint density at radius 3 is 2.55 bits per heavy atom. The number of nitrogens with one attached hydrogen (secondary N) is 1. The number of rotatable bonds is 4. The van der Waals surface area contributed by atoms with Crippen LogP contribution in [0.4, 0.5) is 5.69 Å². The second kappa shape index (κ2) is 5.19. The van der Waals surface area contributed by atoms with Crippen molar-refractivity contribution in [3.8, 4) is 0 Å². The monoisotopic (exact) mass is 317 g/mol. The van der Waals surface area contributed by atoms with Crippen LogP contribution in [0.5, 0.6) is 0 Å². The summed E-state index contributed by atoms with van der Waals surface area (Å²) >= 11 is 0. The van der Waals surface area contributed by atoms with Gasteiger partial charge in [0.1, 0.15) is 5.58 Å². The molecule has 1 heterocycles. The van der Waals surface area contributed by atoms with E-state index in [0.29, 0.717) is 11.0 Å². The van der Waals surface area contributed by atoms with E-state index >= 15 is 0 Å². The quantitative estimate of drug-likeness (QED) is 0.771. The van der Waals surface area contributed by atoms with Gasteiger partial charge in [0.05, 0.1) is 5.56 Å². The van der Waals surface area contributed by atoms with E-state index in [2.05, 4.69) is 4.72 Å². The van der Waals surface area contributed by atoms with Gasteiger partial charge < -0.3 is 9.52 Å². The largest absolute Gasteiger partial charge is 0.478 e.